The van der Waals surface area contributed by atoms with Crippen molar-refractivity contribution in [3.8, 4) is 5.82 Å². The third kappa shape index (κ3) is 2.86. The number of nitrogens with zero attached hydrogens (tertiary/aromatic N) is 4. The van der Waals surface area contributed by atoms with Crippen molar-refractivity contribution in [2.24, 2.45) is 0 Å². The van der Waals surface area contributed by atoms with E-state index in [1.54, 1.807) is 4.68 Å². The van der Waals surface area contributed by atoms with Gasteiger partial charge < -0.3 is 11.1 Å². The average molecular weight is 325 g/mol. The van der Waals surface area contributed by atoms with E-state index in [4.69, 9.17) is 5.73 Å². The van der Waals surface area contributed by atoms with Crippen molar-refractivity contribution in [3.63, 3.8) is 0 Å². The number of aromatic nitrogens is 4. The second-order valence-electron chi connectivity index (χ2n) is 4.29. The first-order valence-electron chi connectivity index (χ1n) is 6.13. The Labute approximate surface area is 120 Å². The summed E-state index contributed by atoms with van der Waals surface area (Å²) in [5.74, 6) is 1.62. The highest BCUT2D eigenvalue weighted by molar-refractivity contribution is 9.10. The van der Waals surface area contributed by atoms with Crippen molar-refractivity contribution in [1.82, 2.24) is 19.7 Å². The maximum atomic E-state index is 5.75. The Morgan fingerprint density at radius 2 is 2.11 bits per heavy atom. The predicted octanol–water partition coefficient (Wildman–Crippen LogP) is 2.45. The summed E-state index contributed by atoms with van der Waals surface area (Å²) in [7, 11) is 0. The van der Waals surface area contributed by atoms with Crippen LogP contribution in [0.3, 0.4) is 0 Å². The van der Waals surface area contributed by atoms with Crippen LogP contribution < -0.4 is 11.1 Å². The smallest absolute Gasteiger partial charge is 0.224 e. The fraction of sp³-hybridized carbons (Fsp3) is 0.417. The highest BCUT2D eigenvalue weighted by Crippen LogP contribution is 2.23. The minimum absolute atomic E-state index is 0.236. The van der Waals surface area contributed by atoms with E-state index in [1.807, 2.05) is 19.9 Å². The molecule has 0 saturated carbocycles. The van der Waals surface area contributed by atoms with Gasteiger partial charge in [-0.2, -0.15) is 15.1 Å². The van der Waals surface area contributed by atoms with Gasteiger partial charge in [-0.05, 0) is 36.2 Å². The largest absolute Gasteiger partial charge is 0.370 e. The number of rotatable bonds is 4. The Morgan fingerprint density at radius 3 is 2.68 bits per heavy atom. The summed E-state index contributed by atoms with van der Waals surface area (Å²) in [6.45, 7) is 6.85. The lowest BCUT2D eigenvalue weighted by Crippen LogP contribution is -2.09. The molecule has 2 aromatic heterocycles. The fourth-order valence-corrected chi connectivity index (χ4v) is 2.00. The van der Waals surface area contributed by atoms with Gasteiger partial charge in [0.05, 0.1) is 15.9 Å². The van der Waals surface area contributed by atoms with Crippen molar-refractivity contribution in [2.45, 2.75) is 27.2 Å². The first kappa shape index (κ1) is 13.8. The number of aryl methyl sites for hydroxylation is 1. The van der Waals surface area contributed by atoms with Crippen molar-refractivity contribution in [2.75, 3.05) is 17.6 Å². The maximum Gasteiger partial charge on any atom is 0.224 e. The first-order valence-corrected chi connectivity index (χ1v) is 6.92. The minimum atomic E-state index is 0.236. The molecular formula is C12H17BrN6. The predicted molar refractivity (Wildman–Crippen MR) is 79.5 cm³/mol. The summed E-state index contributed by atoms with van der Waals surface area (Å²) in [4.78, 5) is 8.39. The third-order valence-electron chi connectivity index (χ3n) is 2.71. The van der Waals surface area contributed by atoms with Crippen molar-refractivity contribution in [1.29, 1.82) is 0 Å². The second-order valence-corrected chi connectivity index (χ2v) is 5.09. The molecule has 0 amide bonds. The number of nitrogens with one attached hydrogen (secondary N) is 1. The van der Waals surface area contributed by atoms with Crippen LogP contribution in [-0.2, 0) is 0 Å². The highest BCUT2D eigenvalue weighted by Gasteiger charge is 2.12. The zero-order valence-electron chi connectivity index (χ0n) is 11.2. The molecule has 0 aromatic carbocycles. The molecule has 0 atom stereocenters. The molecule has 102 valence electrons. The SMILES string of the molecule is CCCNc1cc(-n2nc(C)c(Br)c2C)nc(N)n1. The molecule has 0 aliphatic carbocycles. The lowest BCUT2D eigenvalue weighted by atomic mass is 10.4. The van der Waals surface area contributed by atoms with E-state index in [1.165, 1.54) is 0 Å². The van der Waals surface area contributed by atoms with Crippen LogP contribution >= 0.6 is 15.9 Å². The lowest BCUT2D eigenvalue weighted by molar-refractivity contribution is 0.802. The number of hydrogen-bond donors (Lipinski definition) is 2. The Balaban J connectivity index is 2.43. The quantitative estimate of drug-likeness (QED) is 0.902. The molecule has 0 saturated heterocycles. The fourth-order valence-electron chi connectivity index (χ4n) is 1.75. The molecule has 19 heavy (non-hydrogen) atoms. The van der Waals surface area contributed by atoms with E-state index < -0.39 is 0 Å². The molecule has 3 N–H and O–H groups in total. The molecule has 2 heterocycles. The van der Waals surface area contributed by atoms with Gasteiger partial charge in [0.2, 0.25) is 5.95 Å². The van der Waals surface area contributed by atoms with Crippen LogP contribution in [-0.4, -0.2) is 26.3 Å². The van der Waals surface area contributed by atoms with Crippen LogP contribution in [0.1, 0.15) is 24.7 Å². The molecular weight excluding hydrogens is 308 g/mol. The van der Waals surface area contributed by atoms with E-state index in [0.717, 1.165) is 28.8 Å². The molecule has 6 nitrogen and oxygen atoms in total. The minimum Gasteiger partial charge on any atom is -0.370 e. The van der Waals surface area contributed by atoms with Crippen LogP contribution in [0.2, 0.25) is 0 Å². The summed E-state index contributed by atoms with van der Waals surface area (Å²) < 4.78 is 2.74. The van der Waals surface area contributed by atoms with E-state index in [-0.39, 0.29) is 5.95 Å². The maximum absolute atomic E-state index is 5.75. The van der Waals surface area contributed by atoms with E-state index in [2.05, 4.69) is 43.2 Å². The lowest BCUT2D eigenvalue weighted by Gasteiger charge is -2.08. The highest BCUT2D eigenvalue weighted by atomic mass is 79.9. The van der Waals surface area contributed by atoms with Gasteiger partial charge in [0.15, 0.2) is 5.82 Å². The molecule has 0 radical (unpaired) electrons. The van der Waals surface area contributed by atoms with Gasteiger partial charge in [0.1, 0.15) is 5.82 Å². The van der Waals surface area contributed by atoms with Gasteiger partial charge in [0, 0.05) is 12.6 Å². The first-order chi connectivity index (χ1) is 9.02. The van der Waals surface area contributed by atoms with Gasteiger partial charge in [-0.15, -0.1) is 0 Å². The van der Waals surface area contributed by atoms with E-state index in [0.29, 0.717) is 11.6 Å². The van der Waals surface area contributed by atoms with Crippen molar-refractivity contribution >= 4 is 27.7 Å². The molecule has 0 bridgehead atoms. The monoisotopic (exact) mass is 324 g/mol. The summed E-state index contributed by atoms with van der Waals surface area (Å²) >= 11 is 3.50. The summed E-state index contributed by atoms with van der Waals surface area (Å²) in [5, 5.41) is 7.64. The summed E-state index contributed by atoms with van der Waals surface area (Å²) in [5.41, 5.74) is 7.65. The number of anilines is 2. The third-order valence-corrected chi connectivity index (χ3v) is 3.85. The van der Waals surface area contributed by atoms with Gasteiger partial charge in [-0.3, -0.25) is 0 Å². The molecule has 7 heteroatoms. The topological polar surface area (TPSA) is 81.7 Å². The summed E-state index contributed by atoms with van der Waals surface area (Å²) in [6, 6.07) is 1.85. The molecule has 0 aliphatic heterocycles. The molecule has 0 aliphatic rings. The number of halogens is 1. The number of nitrogens with two attached hydrogens (primary N) is 1. The van der Waals surface area contributed by atoms with Gasteiger partial charge in [-0.1, -0.05) is 6.92 Å². The summed E-state index contributed by atoms with van der Waals surface area (Å²) in [6.07, 6.45) is 1.02. The molecule has 0 fully saturated rings. The van der Waals surface area contributed by atoms with E-state index in [9.17, 15) is 0 Å². The Kier molecular flexibility index (Phi) is 4.04. The van der Waals surface area contributed by atoms with Crippen LogP contribution in [0.25, 0.3) is 5.82 Å². The van der Waals surface area contributed by atoms with Gasteiger partial charge in [0.25, 0.3) is 0 Å². The Bertz CT molecular complexity index is 592. The molecule has 0 spiro atoms. The standard InChI is InChI=1S/C12H17BrN6/c1-4-5-15-9-6-10(17-12(14)16-9)19-8(3)11(13)7(2)18-19/h6H,4-5H2,1-3H3,(H3,14,15,16,17). The number of hydrogen-bond acceptors (Lipinski definition) is 5. The molecule has 2 rings (SSSR count). The zero-order valence-corrected chi connectivity index (χ0v) is 12.8. The van der Waals surface area contributed by atoms with Crippen molar-refractivity contribution in [3.05, 3.63) is 21.9 Å². The number of nitrogen functional groups attached to an aromatic ring is 1. The Hall–Kier alpha value is -1.63. The zero-order chi connectivity index (χ0) is 14.0. The van der Waals surface area contributed by atoms with Crippen molar-refractivity contribution < 1.29 is 0 Å². The molecule has 0 unspecified atom stereocenters. The average Bonchev–Trinajstić information content (AvgIpc) is 2.63. The van der Waals surface area contributed by atoms with Crippen LogP contribution in [0, 0.1) is 13.8 Å². The van der Waals surface area contributed by atoms with Crippen LogP contribution in [0.5, 0.6) is 0 Å². The van der Waals surface area contributed by atoms with Gasteiger partial charge in [-0.25, -0.2) is 4.68 Å². The Morgan fingerprint density at radius 1 is 1.37 bits per heavy atom. The second kappa shape index (κ2) is 5.56. The normalized spacial score (nSPS) is 10.7. The van der Waals surface area contributed by atoms with E-state index >= 15 is 0 Å². The molecule has 2 aromatic rings. The van der Waals surface area contributed by atoms with Crippen LogP contribution in [0.4, 0.5) is 11.8 Å². The van der Waals surface area contributed by atoms with Crippen LogP contribution in [0.15, 0.2) is 10.5 Å². The van der Waals surface area contributed by atoms with Gasteiger partial charge >= 0.3 is 0 Å².